The Balaban J connectivity index is 2.04. The lowest BCUT2D eigenvalue weighted by Crippen LogP contribution is -2.07. The van der Waals surface area contributed by atoms with E-state index in [2.05, 4.69) is 10.4 Å². The highest BCUT2D eigenvalue weighted by Crippen LogP contribution is 2.21. The van der Waals surface area contributed by atoms with E-state index in [0.717, 1.165) is 5.69 Å². The minimum atomic E-state index is -0.268. The number of anilines is 1. The van der Waals surface area contributed by atoms with Gasteiger partial charge in [-0.15, -0.1) is 11.3 Å². The van der Waals surface area contributed by atoms with Crippen LogP contribution in [-0.4, -0.2) is 15.7 Å². The van der Waals surface area contributed by atoms with Gasteiger partial charge in [-0.25, -0.2) is 0 Å². The molecular formula is C12H10N4OS. The van der Waals surface area contributed by atoms with E-state index in [1.165, 1.54) is 17.4 Å². The minimum absolute atomic E-state index is 0.268. The molecule has 0 aliphatic heterocycles. The number of carbonyl (C=O) groups is 1. The Morgan fingerprint density at radius 2 is 2.44 bits per heavy atom. The second-order valence-corrected chi connectivity index (χ2v) is 4.39. The van der Waals surface area contributed by atoms with Crippen LogP contribution in [0.3, 0.4) is 0 Å². The highest BCUT2D eigenvalue weighted by atomic mass is 32.1. The molecule has 90 valence electrons. The Labute approximate surface area is 108 Å². The van der Waals surface area contributed by atoms with Crippen molar-refractivity contribution in [2.75, 3.05) is 5.32 Å². The van der Waals surface area contributed by atoms with Crippen molar-refractivity contribution in [3.8, 4) is 6.07 Å². The molecule has 1 amide bonds. The van der Waals surface area contributed by atoms with Crippen molar-refractivity contribution in [1.29, 1.82) is 5.26 Å². The number of aromatic nitrogens is 2. The third-order valence-corrected chi connectivity index (χ3v) is 3.12. The highest BCUT2D eigenvalue weighted by Gasteiger charge is 2.05. The van der Waals surface area contributed by atoms with Crippen LogP contribution >= 0.6 is 11.3 Å². The van der Waals surface area contributed by atoms with Crippen molar-refractivity contribution < 1.29 is 4.79 Å². The predicted molar refractivity (Wildman–Crippen MR) is 69.9 cm³/mol. The van der Waals surface area contributed by atoms with Gasteiger partial charge in [-0.05, 0) is 23.6 Å². The molecule has 5 nitrogen and oxygen atoms in total. The zero-order chi connectivity index (χ0) is 13.0. The average Bonchev–Trinajstić information content (AvgIpc) is 2.95. The molecule has 0 saturated heterocycles. The van der Waals surface area contributed by atoms with Gasteiger partial charge in [0.05, 0.1) is 11.3 Å². The summed E-state index contributed by atoms with van der Waals surface area (Å²) in [6.45, 7) is 0. The van der Waals surface area contributed by atoms with E-state index in [9.17, 15) is 4.79 Å². The summed E-state index contributed by atoms with van der Waals surface area (Å²) >= 11 is 1.32. The molecule has 0 bridgehead atoms. The normalized spacial score (nSPS) is 10.4. The van der Waals surface area contributed by atoms with E-state index < -0.39 is 0 Å². The van der Waals surface area contributed by atoms with Gasteiger partial charge in [-0.1, -0.05) is 0 Å². The van der Waals surface area contributed by atoms with Crippen molar-refractivity contribution in [2.24, 2.45) is 7.05 Å². The van der Waals surface area contributed by atoms with Crippen LogP contribution in [-0.2, 0) is 11.8 Å². The average molecular weight is 258 g/mol. The Bertz CT molecular complexity index is 633. The molecule has 0 spiro atoms. The van der Waals surface area contributed by atoms with Gasteiger partial charge in [0, 0.05) is 19.3 Å². The monoisotopic (exact) mass is 258 g/mol. The van der Waals surface area contributed by atoms with Crippen molar-refractivity contribution in [3.05, 3.63) is 41.0 Å². The van der Waals surface area contributed by atoms with Gasteiger partial charge in [0.25, 0.3) is 0 Å². The maximum absolute atomic E-state index is 11.7. The molecule has 0 aliphatic carbocycles. The van der Waals surface area contributed by atoms with Crippen LogP contribution in [0.15, 0.2) is 29.8 Å². The number of nitrogens with zero attached hydrogens (tertiary/aromatic N) is 3. The first-order chi connectivity index (χ1) is 8.70. The fraction of sp³-hybridized carbons (Fsp3) is 0.0833. The van der Waals surface area contributed by atoms with E-state index in [0.29, 0.717) is 10.6 Å². The molecule has 2 rings (SSSR count). The smallest absolute Gasteiger partial charge is 0.249 e. The third kappa shape index (κ3) is 2.64. The summed E-state index contributed by atoms with van der Waals surface area (Å²) in [5.74, 6) is -0.268. The van der Waals surface area contributed by atoms with Crippen molar-refractivity contribution in [2.45, 2.75) is 0 Å². The van der Waals surface area contributed by atoms with Crippen LogP contribution in [0.5, 0.6) is 0 Å². The Hall–Kier alpha value is -2.39. The molecule has 0 unspecified atom stereocenters. The van der Waals surface area contributed by atoms with Gasteiger partial charge in [-0.2, -0.15) is 10.4 Å². The Kier molecular flexibility index (Phi) is 3.55. The van der Waals surface area contributed by atoms with Crippen molar-refractivity contribution in [3.63, 3.8) is 0 Å². The number of aryl methyl sites for hydroxylation is 1. The quantitative estimate of drug-likeness (QED) is 0.856. The number of carbonyl (C=O) groups excluding carboxylic acids is 1. The van der Waals surface area contributed by atoms with Crippen LogP contribution in [0, 0.1) is 11.3 Å². The number of amides is 1. The summed E-state index contributed by atoms with van der Waals surface area (Å²) < 4.78 is 1.66. The molecule has 0 aromatic carbocycles. The van der Waals surface area contributed by atoms with Crippen LogP contribution in [0.25, 0.3) is 6.08 Å². The number of thiophene rings is 1. The Morgan fingerprint density at radius 1 is 1.61 bits per heavy atom. The first-order valence-electron chi connectivity index (χ1n) is 5.15. The molecule has 0 saturated carbocycles. The van der Waals surface area contributed by atoms with Crippen molar-refractivity contribution >= 4 is 28.3 Å². The molecule has 0 fully saturated rings. The first-order valence-corrected chi connectivity index (χ1v) is 6.03. The summed E-state index contributed by atoms with van der Waals surface area (Å²) in [7, 11) is 1.80. The fourth-order valence-corrected chi connectivity index (χ4v) is 2.10. The summed E-state index contributed by atoms with van der Waals surface area (Å²) in [6, 6.07) is 5.49. The van der Waals surface area contributed by atoms with Crippen LogP contribution in [0.1, 0.15) is 11.3 Å². The summed E-state index contributed by atoms with van der Waals surface area (Å²) in [5.41, 5.74) is 1.30. The molecule has 6 heteroatoms. The first kappa shape index (κ1) is 12.1. The lowest BCUT2D eigenvalue weighted by atomic mass is 10.3. The van der Waals surface area contributed by atoms with Gasteiger partial charge < -0.3 is 5.32 Å². The van der Waals surface area contributed by atoms with E-state index >= 15 is 0 Å². The number of hydrogen-bond donors (Lipinski definition) is 1. The second kappa shape index (κ2) is 5.29. The van der Waals surface area contributed by atoms with Crippen LogP contribution in [0.4, 0.5) is 5.00 Å². The molecule has 0 radical (unpaired) electrons. The molecular weight excluding hydrogens is 248 g/mol. The van der Waals surface area contributed by atoms with Crippen LogP contribution in [0.2, 0.25) is 0 Å². The lowest BCUT2D eigenvalue weighted by Gasteiger charge is -1.98. The summed E-state index contributed by atoms with van der Waals surface area (Å²) in [5, 5.41) is 17.8. The second-order valence-electron chi connectivity index (χ2n) is 3.48. The molecule has 1 N–H and O–H groups in total. The molecule has 18 heavy (non-hydrogen) atoms. The number of nitrogens with one attached hydrogen (secondary N) is 1. The van der Waals surface area contributed by atoms with E-state index in [1.807, 2.05) is 6.07 Å². The number of rotatable bonds is 3. The van der Waals surface area contributed by atoms with E-state index in [-0.39, 0.29) is 5.91 Å². The zero-order valence-electron chi connectivity index (χ0n) is 9.62. The topological polar surface area (TPSA) is 70.7 Å². The van der Waals surface area contributed by atoms with E-state index in [4.69, 9.17) is 5.26 Å². The molecule has 2 heterocycles. The molecule has 2 aromatic rings. The van der Waals surface area contributed by atoms with Crippen molar-refractivity contribution in [1.82, 2.24) is 9.78 Å². The summed E-state index contributed by atoms with van der Waals surface area (Å²) in [4.78, 5) is 11.7. The SMILES string of the molecule is Cn1nccc1/C=C/C(=O)Nc1sccc1C#N. The maximum atomic E-state index is 11.7. The predicted octanol–water partition coefficient (Wildman–Crippen LogP) is 2.01. The number of nitriles is 1. The molecule has 0 aliphatic rings. The Morgan fingerprint density at radius 3 is 3.11 bits per heavy atom. The largest absolute Gasteiger partial charge is 0.313 e. The molecule has 0 atom stereocenters. The van der Waals surface area contributed by atoms with Gasteiger partial charge >= 0.3 is 0 Å². The standard InChI is InChI=1S/C12H10N4OS/c1-16-10(4-6-14-16)2-3-11(17)15-12-9(8-13)5-7-18-12/h2-7H,1H3,(H,15,17)/b3-2+. The maximum Gasteiger partial charge on any atom is 0.249 e. The van der Waals surface area contributed by atoms with Gasteiger partial charge in [0.2, 0.25) is 5.91 Å². The minimum Gasteiger partial charge on any atom is -0.313 e. The molecule has 2 aromatic heterocycles. The van der Waals surface area contributed by atoms with Gasteiger partial charge in [0.1, 0.15) is 11.1 Å². The fourth-order valence-electron chi connectivity index (χ4n) is 1.36. The van der Waals surface area contributed by atoms with Gasteiger partial charge in [-0.3, -0.25) is 9.48 Å². The zero-order valence-corrected chi connectivity index (χ0v) is 10.4. The van der Waals surface area contributed by atoms with Gasteiger partial charge in [0.15, 0.2) is 0 Å². The van der Waals surface area contributed by atoms with Crippen LogP contribution < -0.4 is 5.32 Å². The third-order valence-electron chi connectivity index (χ3n) is 2.29. The number of hydrogen-bond acceptors (Lipinski definition) is 4. The summed E-state index contributed by atoms with van der Waals surface area (Å²) in [6.07, 6.45) is 4.74. The highest BCUT2D eigenvalue weighted by molar-refractivity contribution is 7.14. The van der Waals surface area contributed by atoms with E-state index in [1.54, 1.807) is 41.5 Å². The lowest BCUT2D eigenvalue weighted by molar-refractivity contribution is -0.111.